The lowest BCUT2D eigenvalue weighted by Gasteiger charge is -2.16. The van der Waals surface area contributed by atoms with Gasteiger partial charge in [-0.25, -0.2) is 0 Å². The zero-order valence-electron chi connectivity index (χ0n) is 7.64. The van der Waals surface area contributed by atoms with Crippen LogP contribution in [0.3, 0.4) is 0 Å². The third kappa shape index (κ3) is 6.07. The minimum absolute atomic E-state index is 0.452. The number of nitrogens with one attached hydrogen (secondary N) is 1. The first-order chi connectivity index (χ1) is 5.20. The maximum atomic E-state index is 5.38. The normalized spacial score (nSPS) is 13.5. The monoisotopic (exact) mass is 156 g/mol. The number of rotatable bonds is 6. The van der Waals surface area contributed by atoms with Crippen molar-refractivity contribution in [2.24, 2.45) is 11.8 Å². The molecule has 0 saturated carbocycles. The molecule has 0 spiro atoms. The van der Waals surface area contributed by atoms with Crippen LogP contribution < -0.4 is 11.3 Å². The Morgan fingerprint density at radius 3 is 2.55 bits per heavy atom. The fraction of sp³-hybridized carbons (Fsp3) is 0.778. The minimum atomic E-state index is 0.452. The van der Waals surface area contributed by atoms with Crippen LogP contribution >= 0.6 is 0 Å². The van der Waals surface area contributed by atoms with Gasteiger partial charge < -0.3 is 0 Å². The summed E-state index contributed by atoms with van der Waals surface area (Å²) in [5.74, 6) is 6.09. The molecular weight excluding hydrogens is 136 g/mol. The van der Waals surface area contributed by atoms with Gasteiger partial charge in [0.1, 0.15) is 0 Å². The van der Waals surface area contributed by atoms with E-state index in [9.17, 15) is 0 Å². The van der Waals surface area contributed by atoms with Crippen LogP contribution in [0.15, 0.2) is 12.7 Å². The van der Waals surface area contributed by atoms with Crippen LogP contribution in [0, 0.1) is 5.92 Å². The number of hydrogen-bond donors (Lipinski definition) is 2. The first kappa shape index (κ1) is 10.7. The van der Waals surface area contributed by atoms with E-state index in [1.165, 1.54) is 0 Å². The van der Waals surface area contributed by atoms with Crippen LogP contribution in [0.1, 0.15) is 33.1 Å². The molecule has 0 amide bonds. The molecule has 0 saturated heterocycles. The van der Waals surface area contributed by atoms with Gasteiger partial charge in [-0.15, -0.1) is 6.58 Å². The van der Waals surface area contributed by atoms with E-state index in [0.717, 1.165) is 19.3 Å². The van der Waals surface area contributed by atoms with Gasteiger partial charge in [-0.2, -0.15) is 0 Å². The summed E-state index contributed by atoms with van der Waals surface area (Å²) in [6.45, 7) is 8.09. The highest BCUT2D eigenvalue weighted by molar-refractivity contribution is 4.73. The maximum absolute atomic E-state index is 5.38. The molecule has 2 heteroatoms. The maximum Gasteiger partial charge on any atom is 0.0215 e. The van der Waals surface area contributed by atoms with Crippen LogP contribution in [0.25, 0.3) is 0 Å². The van der Waals surface area contributed by atoms with Crippen molar-refractivity contribution < 1.29 is 0 Å². The molecule has 11 heavy (non-hydrogen) atoms. The van der Waals surface area contributed by atoms with Gasteiger partial charge in [0.05, 0.1) is 0 Å². The Morgan fingerprint density at radius 1 is 1.55 bits per heavy atom. The molecule has 1 unspecified atom stereocenters. The van der Waals surface area contributed by atoms with Gasteiger partial charge in [-0.05, 0) is 25.2 Å². The highest BCUT2D eigenvalue weighted by Gasteiger charge is 2.06. The fourth-order valence-corrected chi connectivity index (χ4v) is 1.16. The van der Waals surface area contributed by atoms with Crippen LogP contribution in [-0.4, -0.2) is 6.04 Å². The van der Waals surface area contributed by atoms with Crippen LogP contribution in [-0.2, 0) is 0 Å². The molecule has 2 nitrogen and oxygen atoms in total. The predicted octanol–water partition coefficient (Wildman–Crippen LogP) is 1.83. The smallest absolute Gasteiger partial charge is 0.0215 e. The molecular formula is C9H20N2. The SMILES string of the molecule is C=CCCC(CC(C)C)NN. The molecule has 0 aromatic rings. The third-order valence-electron chi connectivity index (χ3n) is 1.71. The molecule has 3 N–H and O–H groups in total. The Hall–Kier alpha value is -0.340. The lowest BCUT2D eigenvalue weighted by atomic mass is 10.0. The zero-order valence-corrected chi connectivity index (χ0v) is 7.64. The molecule has 0 aliphatic heterocycles. The van der Waals surface area contributed by atoms with Crippen molar-refractivity contribution >= 4 is 0 Å². The van der Waals surface area contributed by atoms with Gasteiger partial charge in [0, 0.05) is 6.04 Å². The number of allylic oxidation sites excluding steroid dienone is 1. The van der Waals surface area contributed by atoms with Crippen molar-refractivity contribution in [1.29, 1.82) is 0 Å². The topological polar surface area (TPSA) is 38.0 Å². The van der Waals surface area contributed by atoms with Crippen LogP contribution in [0.4, 0.5) is 0 Å². The van der Waals surface area contributed by atoms with Crippen LogP contribution in [0.2, 0.25) is 0 Å². The molecule has 0 rings (SSSR count). The second kappa shape index (κ2) is 6.38. The Bertz CT molecular complexity index is 99.7. The highest BCUT2D eigenvalue weighted by atomic mass is 15.2. The highest BCUT2D eigenvalue weighted by Crippen LogP contribution is 2.08. The minimum Gasteiger partial charge on any atom is -0.271 e. The van der Waals surface area contributed by atoms with E-state index in [-0.39, 0.29) is 0 Å². The summed E-state index contributed by atoms with van der Waals surface area (Å²) in [7, 11) is 0. The van der Waals surface area contributed by atoms with E-state index in [2.05, 4.69) is 25.9 Å². The van der Waals surface area contributed by atoms with E-state index >= 15 is 0 Å². The van der Waals surface area contributed by atoms with E-state index in [1.54, 1.807) is 0 Å². The molecule has 0 aliphatic rings. The largest absolute Gasteiger partial charge is 0.271 e. The van der Waals surface area contributed by atoms with Crippen molar-refractivity contribution in [3.8, 4) is 0 Å². The molecule has 0 radical (unpaired) electrons. The predicted molar refractivity (Wildman–Crippen MR) is 50.0 cm³/mol. The molecule has 0 aromatic carbocycles. The van der Waals surface area contributed by atoms with Crippen molar-refractivity contribution in [3.63, 3.8) is 0 Å². The van der Waals surface area contributed by atoms with Crippen molar-refractivity contribution in [3.05, 3.63) is 12.7 Å². The zero-order chi connectivity index (χ0) is 8.69. The van der Waals surface area contributed by atoms with Crippen molar-refractivity contribution in [2.45, 2.75) is 39.2 Å². The lowest BCUT2D eigenvalue weighted by molar-refractivity contribution is 0.407. The number of hydrogen-bond acceptors (Lipinski definition) is 2. The first-order valence-corrected chi connectivity index (χ1v) is 4.27. The van der Waals surface area contributed by atoms with Gasteiger partial charge in [0.15, 0.2) is 0 Å². The summed E-state index contributed by atoms with van der Waals surface area (Å²) in [6.07, 6.45) is 5.22. The second-order valence-corrected chi connectivity index (χ2v) is 3.36. The summed E-state index contributed by atoms with van der Waals surface area (Å²) in [6, 6.07) is 0.452. The van der Waals surface area contributed by atoms with E-state index in [1.807, 2.05) is 6.08 Å². The molecule has 0 aliphatic carbocycles. The quantitative estimate of drug-likeness (QED) is 0.350. The summed E-state index contributed by atoms with van der Waals surface area (Å²) < 4.78 is 0. The van der Waals surface area contributed by atoms with Gasteiger partial charge >= 0.3 is 0 Å². The molecule has 66 valence electrons. The Kier molecular flexibility index (Phi) is 6.18. The average molecular weight is 156 g/mol. The number of hydrazine groups is 1. The molecule has 0 bridgehead atoms. The average Bonchev–Trinajstić information content (AvgIpc) is 1.97. The third-order valence-corrected chi connectivity index (χ3v) is 1.71. The van der Waals surface area contributed by atoms with Crippen LogP contribution in [0.5, 0.6) is 0 Å². The molecule has 1 atom stereocenters. The molecule has 0 heterocycles. The summed E-state index contributed by atoms with van der Waals surface area (Å²) >= 11 is 0. The van der Waals surface area contributed by atoms with E-state index in [0.29, 0.717) is 12.0 Å². The second-order valence-electron chi connectivity index (χ2n) is 3.36. The van der Waals surface area contributed by atoms with Gasteiger partial charge in [0.2, 0.25) is 0 Å². The van der Waals surface area contributed by atoms with Gasteiger partial charge in [-0.1, -0.05) is 19.9 Å². The summed E-state index contributed by atoms with van der Waals surface area (Å²) in [4.78, 5) is 0. The number of nitrogens with two attached hydrogens (primary N) is 1. The Labute approximate surface area is 69.8 Å². The first-order valence-electron chi connectivity index (χ1n) is 4.27. The fourth-order valence-electron chi connectivity index (χ4n) is 1.16. The van der Waals surface area contributed by atoms with Gasteiger partial charge in [-0.3, -0.25) is 11.3 Å². The van der Waals surface area contributed by atoms with Crippen molar-refractivity contribution in [1.82, 2.24) is 5.43 Å². The van der Waals surface area contributed by atoms with E-state index < -0.39 is 0 Å². The molecule has 0 fully saturated rings. The summed E-state index contributed by atoms with van der Waals surface area (Å²) in [5.41, 5.74) is 2.82. The Morgan fingerprint density at radius 2 is 2.18 bits per heavy atom. The van der Waals surface area contributed by atoms with Gasteiger partial charge in [0.25, 0.3) is 0 Å². The Balaban J connectivity index is 3.48. The molecule has 0 aromatic heterocycles. The van der Waals surface area contributed by atoms with Crippen molar-refractivity contribution in [2.75, 3.05) is 0 Å². The lowest BCUT2D eigenvalue weighted by Crippen LogP contribution is -2.35. The standard InChI is InChI=1S/C9H20N2/c1-4-5-6-9(11-10)7-8(2)3/h4,8-9,11H,1,5-7,10H2,2-3H3. The summed E-state index contributed by atoms with van der Waals surface area (Å²) in [5, 5.41) is 0. The van der Waals surface area contributed by atoms with E-state index in [4.69, 9.17) is 5.84 Å².